The molecule has 1 aliphatic rings. The number of hydrogen-bond donors (Lipinski definition) is 1. The number of nitrogens with zero attached hydrogens (tertiary/aromatic N) is 1. The molecular formula is C4H9KN2O2S. The van der Waals surface area contributed by atoms with Crippen molar-refractivity contribution >= 4 is 10.0 Å². The Hall–Kier alpha value is 1.04. The molecule has 2 N–H and O–H groups in total. The Kier molecular flexibility index (Phi) is 7.70. The quantitative estimate of drug-likeness (QED) is 0.437. The van der Waals surface area contributed by atoms with Gasteiger partial charge in [-0.25, -0.2) is 18.8 Å². The Labute approximate surface area is 105 Å². The molecule has 1 saturated carbocycles. The standard InChI is InChI=1S/C3H7NO2S.CHN.K.H/c4-7(5,6)3-1-2-3;1-2;;/h3H,1-2H2,(H2,4,5,6);1H;;/q;;+1;-1. The summed E-state index contributed by atoms with van der Waals surface area (Å²) in [4.78, 5) is 0. The topological polar surface area (TPSA) is 83.9 Å². The van der Waals surface area contributed by atoms with Crippen molar-refractivity contribution in [1.29, 1.82) is 5.26 Å². The fraction of sp³-hybridized carbons (Fsp3) is 0.750. The second kappa shape index (κ2) is 5.66. The van der Waals surface area contributed by atoms with E-state index < -0.39 is 10.0 Å². The molecule has 0 aromatic rings. The molecule has 54 valence electrons. The van der Waals surface area contributed by atoms with Gasteiger partial charge in [-0.1, -0.05) is 0 Å². The minimum atomic E-state index is -3.13. The first-order chi connectivity index (χ1) is 4.11. The van der Waals surface area contributed by atoms with Crippen molar-refractivity contribution in [1.82, 2.24) is 0 Å². The number of sulfonamides is 1. The van der Waals surface area contributed by atoms with Crippen LogP contribution in [0.4, 0.5) is 0 Å². The smallest absolute Gasteiger partial charge is 1.00 e. The number of nitrogens with two attached hydrogens (primary N) is 1. The van der Waals surface area contributed by atoms with E-state index in [0.717, 1.165) is 12.8 Å². The van der Waals surface area contributed by atoms with E-state index in [-0.39, 0.29) is 58.1 Å². The maximum atomic E-state index is 10.2. The van der Waals surface area contributed by atoms with Gasteiger partial charge in [-0.2, -0.15) is 0 Å². The van der Waals surface area contributed by atoms with Crippen molar-refractivity contribution in [3.63, 3.8) is 0 Å². The third-order valence-corrected chi connectivity index (χ3v) is 2.39. The van der Waals surface area contributed by atoms with E-state index in [2.05, 4.69) is 6.57 Å². The van der Waals surface area contributed by atoms with Gasteiger partial charge in [0.05, 0.1) is 5.25 Å². The Balaban J connectivity index is -0.000000149. The molecule has 10 heavy (non-hydrogen) atoms. The number of nitriles is 1. The van der Waals surface area contributed by atoms with Crippen LogP contribution in [-0.4, -0.2) is 13.7 Å². The third kappa shape index (κ3) is 5.79. The maximum absolute atomic E-state index is 10.2. The van der Waals surface area contributed by atoms with Gasteiger partial charge in [0.2, 0.25) is 10.0 Å². The van der Waals surface area contributed by atoms with Crippen LogP contribution < -0.4 is 56.5 Å². The van der Waals surface area contributed by atoms with E-state index in [1.807, 2.05) is 0 Å². The summed E-state index contributed by atoms with van der Waals surface area (Å²) in [5.41, 5.74) is 0. The van der Waals surface area contributed by atoms with Gasteiger partial charge in [-0.3, -0.25) is 0 Å². The summed E-state index contributed by atoms with van der Waals surface area (Å²) in [6, 6.07) is 0. The second-order valence-electron chi connectivity index (χ2n) is 1.79. The van der Waals surface area contributed by atoms with Gasteiger partial charge in [0.1, 0.15) is 0 Å². The zero-order valence-corrected chi connectivity index (χ0v) is 9.76. The second-order valence-corrected chi connectivity index (χ2v) is 3.63. The maximum Gasteiger partial charge on any atom is 1.00 e. The molecule has 0 spiro atoms. The molecule has 1 rings (SSSR count). The van der Waals surface area contributed by atoms with E-state index >= 15 is 0 Å². The fourth-order valence-corrected chi connectivity index (χ4v) is 1.19. The van der Waals surface area contributed by atoms with Gasteiger partial charge in [-0.05, 0) is 12.8 Å². The van der Waals surface area contributed by atoms with Crippen LogP contribution in [0.1, 0.15) is 14.3 Å². The average molecular weight is 188 g/mol. The van der Waals surface area contributed by atoms with Crippen LogP contribution >= 0.6 is 0 Å². The predicted molar refractivity (Wildman–Crippen MR) is 33.9 cm³/mol. The molecule has 0 amide bonds. The van der Waals surface area contributed by atoms with E-state index in [1.54, 1.807) is 0 Å². The van der Waals surface area contributed by atoms with Crippen molar-refractivity contribution in [2.24, 2.45) is 5.14 Å². The Morgan fingerprint density at radius 2 is 1.80 bits per heavy atom. The zero-order chi connectivity index (χ0) is 7.49. The summed E-state index contributed by atoms with van der Waals surface area (Å²) in [6.45, 7) is 3.50. The molecule has 0 aromatic carbocycles. The molecule has 6 heteroatoms. The van der Waals surface area contributed by atoms with Gasteiger partial charge in [0.15, 0.2) is 0 Å². The molecular weight excluding hydrogens is 179 g/mol. The van der Waals surface area contributed by atoms with Crippen LogP contribution in [0.2, 0.25) is 0 Å². The predicted octanol–water partition coefficient (Wildman–Crippen LogP) is -3.31. The fourth-order valence-electron chi connectivity index (χ4n) is 0.397. The molecule has 4 nitrogen and oxygen atoms in total. The van der Waals surface area contributed by atoms with Crippen LogP contribution in [0.3, 0.4) is 0 Å². The van der Waals surface area contributed by atoms with Gasteiger partial charge in [0.25, 0.3) is 0 Å². The molecule has 0 radical (unpaired) electrons. The summed E-state index contributed by atoms with van der Waals surface area (Å²) in [5.74, 6) is 0. The third-order valence-electron chi connectivity index (χ3n) is 0.989. The summed E-state index contributed by atoms with van der Waals surface area (Å²) < 4.78 is 20.3. The average Bonchev–Trinajstić information content (AvgIpc) is 2.47. The van der Waals surface area contributed by atoms with Crippen molar-refractivity contribution in [3.05, 3.63) is 0 Å². The monoisotopic (exact) mass is 188 g/mol. The zero-order valence-electron chi connectivity index (χ0n) is 6.82. The van der Waals surface area contributed by atoms with Crippen molar-refractivity contribution < 1.29 is 61.2 Å². The minimum absolute atomic E-state index is 0. The first kappa shape index (κ1) is 13.6. The first-order valence-electron chi connectivity index (χ1n) is 2.38. The van der Waals surface area contributed by atoms with E-state index in [1.165, 1.54) is 0 Å². The van der Waals surface area contributed by atoms with Gasteiger partial charge in [0, 0.05) is 6.57 Å². The van der Waals surface area contributed by atoms with Crippen molar-refractivity contribution in [2.75, 3.05) is 0 Å². The number of rotatable bonds is 1. The molecule has 1 fully saturated rings. The van der Waals surface area contributed by atoms with Crippen LogP contribution in [0, 0.1) is 11.8 Å². The molecule has 0 atom stereocenters. The molecule has 0 bridgehead atoms. The van der Waals surface area contributed by atoms with E-state index in [0.29, 0.717) is 0 Å². The Bertz CT molecular complexity index is 199. The van der Waals surface area contributed by atoms with E-state index in [4.69, 9.17) is 10.4 Å². The van der Waals surface area contributed by atoms with Crippen LogP contribution in [0.5, 0.6) is 0 Å². The van der Waals surface area contributed by atoms with Crippen LogP contribution in [0.25, 0.3) is 0 Å². The minimum Gasteiger partial charge on any atom is -1.00 e. The normalized spacial score (nSPS) is 15.9. The summed E-state index contributed by atoms with van der Waals surface area (Å²) >= 11 is 0. The molecule has 0 aromatic heterocycles. The largest absolute Gasteiger partial charge is 1.00 e. The molecule has 0 saturated heterocycles. The van der Waals surface area contributed by atoms with Crippen LogP contribution in [-0.2, 0) is 10.0 Å². The summed E-state index contributed by atoms with van der Waals surface area (Å²) in [7, 11) is -3.13. The van der Waals surface area contributed by atoms with Crippen LogP contribution in [0.15, 0.2) is 0 Å². The molecule has 0 unspecified atom stereocenters. The summed E-state index contributed by atoms with van der Waals surface area (Å²) in [6.07, 6.45) is 1.53. The van der Waals surface area contributed by atoms with Gasteiger partial charge < -0.3 is 1.43 Å². The van der Waals surface area contributed by atoms with E-state index in [9.17, 15) is 8.42 Å². The molecule has 0 aliphatic heterocycles. The van der Waals surface area contributed by atoms with Gasteiger partial charge in [-0.15, -0.1) is 0 Å². The van der Waals surface area contributed by atoms with Crippen molar-refractivity contribution in [3.8, 4) is 6.57 Å². The summed E-state index contributed by atoms with van der Waals surface area (Å²) in [5, 5.41) is 11.0. The number of primary sulfonamides is 1. The van der Waals surface area contributed by atoms with Gasteiger partial charge >= 0.3 is 51.4 Å². The number of hydrogen-bond acceptors (Lipinski definition) is 3. The SMILES string of the molecule is C#N.NS(=O)(=O)C1CC1.[H-].[K+]. The first-order valence-corrected chi connectivity index (χ1v) is 3.99. The Morgan fingerprint density at radius 1 is 1.50 bits per heavy atom. The molecule has 1 aliphatic carbocycles. The Morgan fingerprint density at radius 3 is 1.80 bits per heavy atom. The molecule has 0 heterocycles. The van der Waals surface area contributed by atoms with Crippen molar-refractivity contribution in [2.45, 2.75) is 18.1 Å².